The van der Waals surface area contributed by atoms with E-state index < -0.39 is 5.69 Å². The van der Waals surface area contributed by atoms with Crippen molar-refractivity contribution in [2.75, 3.05) is 18.5 Å². The number of hydrogen-bond acceptors (Lipinski definition) is 4. The lowest BCUT2D eigenvalue weighted by molar-refractivity contribution is 0.275. The Bertz CT molecular complexity index is 1070. The molecule has 0 saturated heterocycles. The first-order valence-corrected chi connectivity index (χ1v) is 9.08. The fourth-order valence-electron chi connectivity index (χ4n) is 3.51. The lowest BCUT2D eigenvalue weighted by Gasteiger charge is -2.31. The van der Waals surface area contributed by atoms with Crippen molar-refractivity contribution < 1.29 is 0 Å². The molecule has 1 aliphatic rings. The molecule has 138 valence electrons. The molecule has 6 nitrogen and oxygen atoms in total. The van der Waals surface area contributed by atoms with Gasteiger partial charge in [0.05, 0.1) is 17.9 Å². The summed E-state index contributed by atoms with van der Waals surface area (Å²) in [5.74, 6) is 0.592. The van der Waals surface area contributed by atoms with Gasteiger partial charge >= 0.3 is 5.69 Å². The van der Waals surface area contributed by atoms with Crippen molar-refractivity contribution in [3.05, 3.63) is 92.1 Å². The molecule has 3 aromatic rings. The standard InChI is InChI=1S/C21H22N4O2/c1-15-7-5-6-10-18(15)25-19-17(20(26)23-21(25)27)13-24(14-22-19)12-11-16-8-3-2-4-9-16/h2-10,22H,11-14H2,1H3,(H,23,26,27). The zero-order valence-corrected chi connectivity index (χ0v) is 15.2. The molecule has 2 N–H and O–H groups in total. The molecule has 0 atom stereocenters. The van der Waals surface area contributed by atoms with E-state index >= 15 is 0 Å². The number of aromatic amines is 1. The Balaban J connectivity index is 1.64. The topological polar surface area (TPSA) is 70.1 Å². The summed E-state index contributed by atoms with van der Waals surface area (Å²) in [6.07, 6.45) is 0.910. The lowest BCUT2D eigenvalue weighted by atomic mass is 10.1. The molecule has 1 aliphatic heterocycles. The van der Waals surface area contributed by atoms with Crippen molar-refractivity contribution >= 4 is 5.82 Å². The van der Waals surface area contributed by atoms with Crippen molar-refractivity contribution in [3.63, 3.8) is 0 Å². The van der Waals surface area contributed by atoms with E-state index in [4.69, 9.17) is 0 Å². The minimum absolute atomic E-state index is 0.322. The van der Waals surface area contributed by atoms with Crippen molar-refractivity contribution in [2.45, 2.75) is 19.9 Å². The van der Waals surface area contributed by atoms with Crippen molar-refractivity contribution in [1.29, 1.82) is 0 Å². The van der Waals surface area contributed by atoms with Crippen LogP contribution in [-0.2, 0) is 13.0 Å². The van der Waals surface area contributed by atoms with E-state index in [0.29, 0.717) is 24.6 Å². The van der Waals surface area contributed by atoms with Crippen molar-refractivity contribution in [2.24, 2.45) is 0 Å². The van der Waals surface area contributed by atoms with Crippen LogP contribution in [0.3, 0.4) is 0 Å². The molecule has 0 radical (unpaired) electrons. The van der Waals surface area contributed by atoms with Gasteiger partial charge in [-0.05, 0) is 30.5 Å². The van der Waals surface area contributed by atoms with Crippen LogP contribution in [-0.4, -0.2) is 27.7 Å². The molecule has 6 heteroatoms. The average molecular weight is 362 g/mol. The maximum absolute atomic E-state index is 12.5. The molecule has 4 rings (SSSR count). The number of rotatable bonds is 4. The average Bonchev–Trinajstić information content (AvgIpc) is 2.69. The van der Waals surface area contributed by atoms with Crippen LogP contribution in [0.15, 0.2) is 64.2 Å². The molecule has 2 aromatic carbocycles. The van der Waals surface area contributed by atoms with Gasteiger partial charge in [-0.15, -0.1) is 0 Å². The van der Waals surface area contributed by atoms with Crippen LogP contribution in [0.25, 0.3) is 5.69 Å². The fourth-order valence-corrected chi connectivity index (χ4v) is 3.51. The number of para-hydroxylation sites is 1. The molecule has 0 spiro atoms. The number of nitrogens with one attached hydrogen (secondary N) is 2. The first-order chi connectivity index (χ1) is 13.1. The second kappa shape index (κ2) is 7.25. The van der Waals surface area contributed by atoms with Crippen LogP contribution in [0, 0.1) is 6.92 Å². The van der Waals surface area contributed by atoms with Crippen LogP contribution >= 0.6 is 0 Å². The lowest BCUT2D eigenvalue weighted by Crippen LogP contribution is -2.43. The van der Waals surface area contributed by atoms with Gasteiger partial charge in [-0.1, -0.05) is 48.5 Å². The third kappa shape index (κ3) is 3.44. The quantitative estimate of drug-likeness (QED) is 0.747. The minimum Gasteiger partial charge on any atom is -0.358 e. The second-order valence-electron chi connectivity index (χ2n) is 6.83. The van der Waals surface area contributed by atoms with Crippen LogP contribution in [0.4, 0.5) is 5.82 Å². The van der Waals surface area contributed by atoms with E-state index in [1.165, 1.54) is 5.56 Å². The van der Waals surface area contributed by atoms with E-state index in [2.05, 4.69) is 27.3 Å². The summed E-state index contributed by atoms with van der Waals surface area (Å²) in [6, 6.07) is 17.9. The molecule has 27 heavy (non-hydrogen) atoms. The van der Waals surface area contributed by atoms with Gasteiger partial charge in [0.2, 0.25) is 0 Å². The number of aryl methyl sites for hydroxylation is 1. The van der Waals surface area contributed by atoms with Crippen molar-refractivity contribution in [3.8, 4) is 5.69 Å². The van der Waals surface area contributed by atoms with E-state index in [1.54, 1.807) is 4.57 Å². The summed E-state index contributed by atoms with van der Waals surface area (Å²) in [5.41, 5.74) is 2.87. The largest absolute Gasteiger partial charge is 0.358 e. The maximum atomic E-state index is 12.5. The molecule has 2 heterocycles. The van der Waals surface area contributed by atoms with Gasteiger partial charge in [-0.25, -0.2) is 9.36 Å². The number of hydrogen-bond donors (Lipinski definition) is 2. The number of aromatic nitrogens is 2. The molecule has 0 bridgehead atoms. The van der Waals surface area contributed by atoms with E-state index in [-0.39, 0.29) is 5.56 Å². The van der Waals surface area contributed by atoms with Gasteiger partial charge in [0.1, 0.15) is 5.82 Å². The molecule has 0 aliphatic carbocycles. The Labute approximate surface area is 157 Å². The monoisotopic (exact) mass is 362 g/mol. The number of anilines is 1. The van der Waals surface area contributed by atoms with E-state index in [1.807, 2.05) is 49.4 Å². The zero-order chi connectivity index (χ0) is 18.8. The molecular weight excluding hydrogens is 340 g/mol. The molecule has 0 fully saturated rings. The summed E-state index contributed by atoms with van der Waals surface area (Å²) < 4.78 is 1.57. The summed E-state index contributed by atoms with van der Waals surface area (Å²) in [6.45, 7) is 3.89. The molecule has 1 aromatic heterocycles. The summed E-state index contributed by atoms with van der Waals surface area (Å²) in [5, 5.41) is 3.29. The molecule has 0 amide bonds. The predicted molar refractivity (Wildman–Crippen MR) is 106 cm³/mol. The van der Waals surface area contributed by atoms with Crippen LogP contribution in [0.1, 0.15) is 16.7 Å². The highest BCUT2D eigenvalue weighted by Gasteiger charge is 2.23. The van der Waals surface area contributed by atoms with Gasteiger partial charge in [-0.3, -0.25) is 14.7 Å². The summed E-state index contributed by atoms with van der Waals surface area (Å²) in [7, 11) is 0. The van der Waals surface area contributed by atoms with E-state index in [9.17, 15) is 9.59 Å². The summed E-state index contributed by atoms with van der Waals surface area (Å²) in [4.78, 5) is 29.6. The van der Waals surface area contributed by atoms with Gasteiger partial charge in [0, 0.05) is 13.1 Å². The molecule has 0 saturated carbocycles. The van der Waals surface area contributed by atoms with Crippen LogP contribution in [0.5, 0.6) is 0 Å². The van der Waals surface area contributed by atoms with Gasteiger partial charge in [0.25, 0.3) is 5.56 Å². The fraction of sp³-hybridized carbons (Fsp3) is 0.238. The summed E-state index contributed by atoms with van der Waals surface area (Å²) >= 11 is 0. The molecular formula is C21H22N4O2. The second-order valence-corrected chi connectivity index (χ2v) is 6.83. The number of benzene rings is 2. The minimum atomic E-state index is -0.418. The Morgan fingerprint density at radius 3 is 2.52 bits per heavy atom. The number of nitrogens with zero attached hydrogens (tertiary/aromatic N) is 2. The normalized spacial score (nSPS) is 13.8. The van der Waals surface area contributed by atoms with Gasteiger partial charge in [0.15, 0.2) is 0 Å². The third-order valence-electron chi connectivity index (χ3n) is 4.97. The van der Waals surface area contributed by atoms with Crippen LogP contribution < -0.4 is 16.6 Å². The van der Waals surface area contributed by atoms with Gasteiger partial charge < -0.3 is 5.32 Å². The maximum Gasteiger partial charge on any atom is 0.334 e. The Morgan fingerprint density at radius 2 is 1.74 bits per heavy atom. The Hall–Kier alpha value is -3.12. The first kappa shape index (κ1) is 17.3. The SMILES string of the molecule is Cc1ccccc1-n1c2c(c(=O)[nH]c1=O)CN(CCc1ccccc1)CN2. The number of H-pyrrole nitrogens is 1. The highest BCUT2D eigenvalue weighted by molar-refractivity contribution is 5.54. The Morgan fingerprint density at radius 1 is 1.00 bits per heavy atom. The van der Waals surface area contributed by atoms with Gasteiger partial charge in [-0.2, -0.15) is 0 Å². The highest BCUT2D eigenvalue weighted by atomic mass is 16.2. The zero-order valence-electron chi connectivity index (χ0n) is 15.2. The Kier molecular flexibility index (Phi) is 4.64. The van der Waals surface area contributed by atoms with Crippen molar-refractivity contribution in [1.82, 2.24) is 14.5 Å². The first-order valence-electron chi connectivity index (χ1n) is 9.08. The predicted octanol–water partition coefficient (Wildman–Crippen LogP) is 2.26. The van der Waals surface area contributed by atoms with E-state index in [0.717, 1.165) is 24.2 Å². The third-order valence-corrected chi connectivity index (χ3v) is 4.97. The van der Waals surface area contributed by atoms with Crippen LogP contribution in [0.2, 0.25) is 0 Å². The highest BCUT2D eigenvalue weighted by Crippen LogP contribution is 2.22. The number of fused-ring (bicyclic) bond motifs is 1. The molecule has 0 unspecified atom stereocenters. The smallest absolute Gasteiger partial charge is 0.334 e.